The van der Waals surface area contributed by atoms with E-state index in [1.807, 2.05) is 0 Å². The molecule has 1 rings (SSSR count). The van der Waals surface area contributed by atoms with Crippen LogP contribution >= 0.6 is 23.2 Å². The van der Waals surface area contributed by atoms with Crippen LogP contribution in [-0.4, -0.2) is 24.2 Å². The lowest BCUT2D eigenvalue weighted by atomic mass is 10.3. The molecule has 0 bridgehead atoms. The lowest BCUT2D eigenvalue weighted by molar-refractivity contribution is -0.120. The van der Waals surface area contributed by atoms with Gasteiger partial charge in [0.05, 0.1) is 10.0 Å². The van der Waals surface area contributed by atoms with Gasteiger partial charge in [-0.05, 0) is 19.1 Å². The first-order valence-electron chi connectivity index (χ1n) is 4.60. The molecular formula is C10H11Cl2NO3. The number of hydrogen-bond donors (Lipinski definition) is 2. The quantitative estimate of drug-likeness (QED) is 0.822. The molecule has 16 heavy (non-hydrogen) atoms. The van der Waals surface area contributed by atoms with Gasteiger partial charge in [-0.2, -0.15) is 0 Å². The van der Waals surface area contributed by atoms with Gasteiger partial charge in [0.15, 0.2) is 5.75 Å². The lowest BCUT2D eigenvalue weighted by Gasteiger charge is -2.07. The fourth-order valence-electron chi connectivity index (χ4n) is 1.03. The third kappa shape index (κ3) is 3.56. The van der Waals surface area contributed by atoms with E-state index in [1.54, 1.807) is 6.92 Å². The van der Waals surface area contributed by atoms with Gasteiger partial charge in [0, 0.05) is 12.3 Å². The second kappa shape index (κ2) is 5.94. The summed E-state index contributed by atoms with van der Waals surface area (Å²) in [5.41, 5.74) is 0.414. The highest BCUT2D eigenvalue weighted by Gasteiger charge is 2.08. The Kier molecular flexibility index (Phi) is 4.86. The summed E-state index contributed by atoms with van der Waals surface area (Å²) in [5.74, 6) is -0.509. The maximum absolute atomic E-state index is 11.3. The Labute approximate surface area is 103 Å². The van der Waals surface area contributed by atoms with Crippen molar-refractivity contribution >= 4 is 34.8 Å². The highest BCUT2D eigenvalue weighted by Crippen LogP contribution is 2.34. The fourth-order valence-corrected chi connectivity index (χ4v) is 1.52. The van der Waals surface area contributed by atoms with Gasteiger partial charge < -0.3 is 15.2 Å². The number of anilines is 1. The van der Waals surface area contributed by atoms with Crippen LogP contribution < -0.4 is 5.32 Å². The number of amides is 1. The molecule has 0 aliphatic heterocycles. The topological polar surface area (TPSA) is 58.6 Å². The first-order chi connectivity index (χ1) is 7.54. The van der Waals surface area contributed by atoms with Crippen LogP contribution in [0.4, 0.5) is 5.69 Å². The zero-order chi connectivity index (χ0) is 12.1. The Bertz CT molecular complexity index is 373. The summed E-state index contributed by atoms with van der Waals surface area (Å²) in [7, 11) is 0. The van der Waals surface area contributed by atoms with E-state index in [-0.39, 0.29) is 28.3 Å². The molecule has 0 atom stereocenters. The minimum Gasteiger partial charge on any atom is -0.505 e. The maximum atomic E-state index is 11.3. The van der Waals surface area contributed by atoms with E-state index >= 15 is 0 Å². The molecule has 0 unspecified atom stereocenters. The summed E-state index contributed by atoms with van der Waals surface area (Å²) in [6.45, 7) is 2.22. The average molecular weight is 264 g/mol. The summed E-state index contributed by atoms with van der Waals surface area (Å²) >= 11 is 11.4. The van der Waals surface area contributed by atoms with Crippen molar-refractivity contribution in [1.29, 1.82) is 0 Å². The van der Waals surface area contributed by atoms with E-state index in [2.05, 4.69) is 5.32 Å². The van der Waals surface area contributed by atoms with Crippen molar-refractivity contribution < 1.29 is 14.6 Å². The van der Waals surface area contributed by atoms with E-state index in [0.717, 1.165) is 0 Å². The summed E-state index contributed by atoms with van der Waals surface area (Å²) in [4.78, 5) is 11.3. The standard InChI is InChI=1S/C10H11Cl2NO3/c1-2-16-5-9(14)13-6-3-7(11)10(15)8(12)4-6/h3-4,15H,2,5H2,1H3,(H,13,14). The van der Waals surface area contributed by atoms with Gasteiger partial charge in [0.25, 0.3) is 0 Å². The van der Waals surface area contributed by atoms with Crippen LogP contribution in [0.3, 0.4) is 0 Å². The normalized spacial score (nSPS) is 10.2. The van der Waals surface area contributed by atoms with Crippen LogP contribution in [0, 0.1) is 0 Å². The van der Waals surface area contributed by atoms with E-state index in [4.69, 9.17) is 27.9 Å². The molecule has 2 N–H and O–H groups in total. The number of halogens is 2. The predicted molar refractivity (Wildman–Crippen MR) is 63.2 cm³/mol. The highest BCUT2D eigenvalue weighted by molar-refractivity contribution is 6.37. The number of hydrogen-bond acceptors (Lipinski definition) is 3. The number of carbonyl (C=O) groups excluding carboxylic acids is 1. The molecular weight excluding hydrogens is 253 g/mol. The van der Waals surface area contributed by atoms with Crippen molar-refractivity contribution in [3.63, 3.8) is 0 Å². The molecule has 0 heterocycles. The van der Waals surface area contributed by atoms with Gasteiger partial charge in [-0.1, -0.05) is 23.2 Å². The van der Waals surface area contributed by atoms with Crippen molar-refractivity contribution in [1.82, 2.24) is 0 Å². The average Bonchev–Trinajstić information content (AvgIpc) is 2.23. The smallest absolute Gasteiger partial charge is 0.250 e. The molecule has 0 aromatic heterocycles. The maximum Gasteiger partial charge on any atom is 0.250 e. The zero-order valence-corrected chi connectivity index (χ0v) is 10.1. The van der Waals surface area contributed by atoms with Crippen LogP contribution in [0.5, 0.6) is 5.75 Å². The third-order valence-electron chi connectivity index (χ3n) is 1.74. The second-order valence-electron chi connectivity index (χ2n) is 2.97. The number of ether oxygens (including phenoxy) is 1. The molecule has 88 valence electrons. The van der Waals surface area contributed by atoms with Gasteiger partial charge in [-0.15, -0.1) is 0 Å². The van der Waals surface area contributed by atoms with E-state index in [1.165, 1.54) is 12.1 Å². The van der Waals surface area contributed by atoms with Crippen LogP contribution in [0.25, 0.3) is 0 Å². The molecule has 0 radical (unpaired) electrons. The molecule has 0 fully saturated rings. The molecule has 1 aromatic rings. The van der Waals surface area contributed by atoms with Crippen LogP contribution in [0.1, 0.15) is 6.92 Å². The van der Waals surface area contributed by atoms with Crippen molar-refractivity contribution in [2.45, 2.75) is 6.92 Å². The van der Waals surface area contributed by atoms with Crippen molar-refractivity contribution in [2.75, 3.05) is 18.5 Å². The summed E-state index contributed by atoms with van der Waals surface area (Å²) < 4.78 is 4.92. The highest BCUT2D eigenvalue weighted by atomic mass is 35.5. The summed E-state index contributed by atoms with van der Waals surface area (Å²) in [5, 5.41) is 12.0. The molecule has 0 saturated heterocycles. The summed E-state index contributed by atoms with van der Waals surface area (Å²) in [6.07, 6.45) is 0. The molecule has 6 heteroatoms. The van der Waals surface area contributed by atoms with Crippen LogP contribution in [-0.2, 0) is 9.53 Å². The SMILES string of the molecule is CCOCC(=O)Nc1cc(Cl)c(O)c(Cl)c1. The Morgan fingerprint density at radius 2 is 2.00 bits per heavy atom. The fraction of sp³-hybridized carbons (Fsp3) is 0.300. The number of carbonyl (C=O) groups is 1. The van der Waals surface area contributed by atoms with Gasteiger partial charge in [-0.3, -0.25) is 4.79 Å². The molecule has 0 aliphatic rings. The first kappa shape index (κ1) is 13.1. The van der Waals surface area contributed by atoms with Crippen LogP contribution in [0.15, 0.2) is 12.1 Å². The number of phenols is 1. The third-order valence-corrected chi connectivity index (χ3v) is 2.31. The van der Waals surface area contributed by atoms with E-state index in [0.29, 0.717) is 12.3 Å². The van der Waals surface area contributed by atoms with Crippen molar-refractivity contribution in [2.24, 2.45) is 0 Å². The zero-order valence-electron chi connectivity index (χ0n) is 8.59. The first-order valence-corrected chi connectivity index (χ1v) is 5.35. The minimum atomic E-state index is -0.306. The van der Waals surface area contributed by atoms with Gasteiger partial charge >= 0.3 is 0 Å². The minimum absolute atomic E-state index is 0.0351. The summed E-state index contributed by atoms with van der Waals surface area (Å²) in [6, 6.07) is 2.82. The Morgan fingerprint density at radius 3 is 2.50 bits per heavy atom. The van der Waals surface area contributed by atoms with Crippen LogP contribution in [0.2, 0.25) is 10.0 Å². The van der Waals surface area contributed by atoms with E-state index in [9.17, 15) is 9.90 Å². The Balaban J connectivity index is 2.71. The molecule has 1 aromatic carbocycles. The Morgan fingerprint density at radius 1 is 1.44 bits per heavy atom. The lowest BCUT2D eigenvalue weighted by Crippen LogP contribution is -2.18. The van der Waals surface area contributed by atoms with E-state index < -0.39 is 0 Å². The van der Waals surface area contributed by atoms with Crippen molar-refractivity contribution in [3.05, 3.63) is 22.2 Å². The predicted octanol–water partition coefficient (Wildman–Crippen LogP) is 2.67. The monoisotopic (exact) mass is 263 g/mol. The van der Waals surface area contributed by atoms with Gasteiger partial charge in [0.2, 0.25) is 5.91 Å². The molecule has 1 amide bonds. The molecule has 0 aliphatic carbocycles. The number of phenolic OH excluding ortho intramolecular Hbond substituents is 1. The largest absolute Gasteiger partial charge is 0.505 e. The molecule has 0 spiro atoms. The Hall–Kier alpha value is -0.970. The number of aromatic hydroxyl groups is 1. The molecule has 0 saturated carbocycles. The van der Waals surface area contributed by atoms with Gasteiger partial charge in [0.1, 0.15) is 6.61 Å². The second-order valence-corrected chi connectivity index (χ2v) is 3.79. The number of nitrogens with one attached hydrogen (secondary N) is 1. The number of benzene rings is 1. The number of rotatable bonds is 4. The van der Waals surface area contributed by atoms with Crippen molar-refractivity contribution in [3.8, 4) is 5.75 Å². The molecule has 4 nitrogen and oxygen atoms in total. The van der Waals surface area contributed by atoms with Gasteiger partial charge in [-0.25, -0.2) is 0 Å².